The van der Waals surface area contributed by atoms with Gasteiger partial charge in [0.25, 0.3) is 5.91 Å². The second-order valence-corrected chi connectivity index (χ2v) is 4.88. The van der Waals surface area contributed by atoms with Gasteiger partial charge in [-0.15, -0.1) is 24.9 Å². The molecule has 0 atom stereocenters. The zero-order chi connectivity index (χ0) is 15.9. The number of thioether (sulfide) groups is 1. The van der Waals surface area contributed by atoms with Crippen molar-refractivity contribution in [1.29, 1.82) is 0 Å². The number of hydrogen-bond acceptors (Lipinski definition) is 4. The van der Waals surface area contributed by atoms with Gasteiger partial charge in [-0.25, -0.2) is 0 Å². The van der Waals surface area contributed by atoms with Gasteiger partial charge in [0, 0.05) is 17.9 Å². The average Bonchev–Trinajstić information content (AvgIpc) is 2.36. The lowest BCUT2D eigenvalue weighted by molar-refractivity contribution is -0.274. The van der Waals surface area contributed by atoms with E-state index >= 15 is 0 Å². The molecule has 0 fully saturated rings. The first-order valence-electron chi connectivity index (χ1n) is 5.71. The molecule has 0 saturated carbocycles. The number of ether oxygens (including phenoxy) is 1. The van der Waals surface area contributed by atoms with Gasteiger partial charge < -0.3 is 15.2 Å². The third-order valence-electron chi connectivity index (χ3n) is 2.11. The number of amides is 1. The molecule has 0 heterocycles. The van der Waals surface area contributed by atoms with Crippen molar-refractivity contribution >= 4 is 23.6 Å². The standard InChI is InChI=1S/C12H12F3NO4S/c13-12(14,15)20-9-3-1-8(2-4-9)11(19)16-5-6-21-7-10(17)18/h1-4H,5-7H2,(H,16,19)(H,17,18). The molecule has 0 radical (unpaired) electrons. The number of alkyl halides is 3. The number of carboxylic acid groups (broad SMARTS) is 1. The molecule has 0 aliphatic carbocycles. The van der Waals surface area contributed by atoms with E-state index in [0.717, 1.165) is 23.9 Å². The fourth-order valence-corrected chi connectivity index (χ4v) is 1.87. The number of carboxylic acids is 1. The van der Waals surface area contributed by atoms with E-state index in [-0.39, 0.29) is 17.9 Å². The van der Waals surface area contributed by atoms with Crippen molar-refractivity contribution in [1.82, 2.24) is 5.32 Å². The van der Waals surface area contributed by atoms with Gasteiger partial charge in [0.15, 0.2) is 0 Å². The smallest absolute Gasteiger partial charge is 0.481 e. The van der Waals surface area contributed by atoms with Crippen LogP contribution in [0, 0.1) is 0 Å². The molecule has 1 amide bonds. The molecule has 2 N–H and O–H groups in total. The van der Waals surface area contributed by atoms with Crippen molar-refractivity contribution in [3.63, 3.8) is 0 Å². The summed E-state index contributed by atoms with van der Waals surface area (Å²) in [5.74, 6) is -1.43. The highest BCUT2D eigenvalue weighted by Gasteiger charge is 2.31. The molecule has 5 nitrogen and oxygen atoms in total. The van der Waals surface area contributed by atoms with E-state index < -0.39 is 24.0 Å². The van der Waals surface area contributed by atoms with Crippen LogP contribution < -0.4 is 10.1 Å². The van der Waals surface area contributed by atoms with Gasteiger partial charge in [-0.2, -0.15) is 0 Å². The van der Waals surface area contributed by atoms with E-state index in [9.17, 15) is 22.8 Å². The minimum absolute atomic E-state index is 0.0562. The van der Waals surface area contributed by atoms with Gasteiger partial charge in [-0.05, 0) is 24.3 Å². The van der Waals surface area contributed by atoms with E-state index in [0.29, 0.717) is 5.75 Å². The number of carbonyl (C=O) groups excluding carboxylic acids is 1. The lowest BCUT2D eigenvalue weighted by atomic mass is 10.2. The highest BCUT2D eigenvalue weighted by Crippen LogP contribution is 2.22. The molecule has 0 aliphatic rings. The van der Waals surface area contributed by atoms with Crippen LogP contribution >= 0.6 is 11.8 Å². The molecule has 1 aromatic carbocycles. The Morgan fingerprint density at radius 3 is 2.38 bits per heavy atom. The Bertz CT molecular complexity index is 490. The Labute approximate surface area is 122 Å². The summed E-state index contributed by atoms with van der Waals surface area (Å²) >= 11 is 1.15. The van der Waals surface area contributed by atoms with Crippen molar-refractivity contribution in [3.8, 4) is 5.75 Å². The Balaban J connectivity index is 2.39. The summed E-state index contributed by atoms with van der Waals surface area (Å²) in [6, 6.07) is 4.50. The van der Waals surface area contributed by atoms with E-state index in [1.807, 2.05) is 0 Å². The molecule has 0 aromatic heterocycles. The van der Waals surface area contributed by atoms with E-state index in [2.05, 4.69) is 10.1 Å². The minimum atomic E-state index is -4.77. The molecule has 0 unspecified atom stereocenters. The zero-order valence-electron chi connectivity index (χ0n) is 10.6. The van der Waals surface area contributed by atoms with Crippen LogP contribution in [0.4, 0.5) is 13.2 Å². The summed E-state index contributed by atoms with van der Waals surface area (Å²) < 4.78 is 39.5. The highest BCUT2D eigenvalue weighted by atomic mass is 32.2. The van der Waals surface area contributed by atoms with Crippen LogP contribution in [0.25, 0.3) is 0 Å². The van der Waals surface area contributed by atoms with E-state index in [1.165, 1.54) is 12.1 Å². The molecule has 21 heavy (non-hydrogen) atoms. The Morgan fingerprint density at radius 1 is 1.24 bits per heavy atom. The molecule has 0 aliphatic heterocycles. The maximum atomic E-state index is 12.0. The molecule has 1 aromatic rings. The van der Waals surface area contributed by atoms with E-state index in [4.69, 9.17) is 5.11 Å². The Morgan fingerprint density at radius 2 is 1.86 bits per heavy atom. The summed E-state index contributed by atoms with van der Waals surface area (Å²) in [5, 5.41) is 10.9. The predicted molar refractivity (Wildman–Crippen MR) is 70.4 cm³/mol. The number of carbonyl (C=O) groups is 2. The normalized spacial score (nSPS) is 11.0. The molecule has 9 heteroatoms. The summed E-state index contributed by atoms with van der Waals surface area (Å²) in [7, 11) is 0. The molecule has 116 valence electrons. The lowest BCUT2D eigenvalue weighted by Crippen LogP contribution is -2.26. The first-order chi connectivity index (χ1) is 9.78. The van der Waals surface area contributed by atoms with Crippen LogP contribution in [0.15, 0.2) is 24.3 Å². The summed E-state index contributed by atoms with van der Waals surface area (Å²) in [5.41, 5.74) is 0.188. The third-order valence-corrected chi connectivity index (χ3v) is 3.05. The third kappa shape index (κ3) is 7.45. The van der Waals surface area contributed by atoms with Gasteiger partial charge in [0.1, 0.15) is 5.75 Å². The topological polar surface area (TPSA) is 75.6 Å². The summed E-state index contributed by atoms with van der Waals surface area (Å²) in [6.45, 7) is 0.261. The number of nitrogens with one attached hydrogen (secondary N) is 1. The van der Waals surface area contributed by atoms with Gasteiger partial charge >= 0.3 is 12.3 Å². The molecule has 0 saturated heterocycles. The maximum Gasteiger partial charge on any atom is 0.573 e. The second kappa shape index (κ2) is 7.77. The number of hydrogen-bond donors (Lipinski definition) is 2. The Kier molecular flexibility index (Phi) is 6.35. The highest BCUT2D eigenvalue weighted by molar-refractivity contribution is 7.99. The van der Waals surface area contributed by atoms with Crippen molar-refractivity contribution in [2.75, 3.05) is 18.1 Å². The van der Waals surface area contributed by atoms with Crippen LogP contribution in [-0.2, 0) is 4.79 Å². The van der Waals surface area contributed by atoms with Crippen LogP contribution in [0.3, 0.4) is 0 Å². The van der Waals surface area contributed by atoms with Crippen LogP contribution in [0.5, 0.6) is 5.75 Å². The zero-order valence-corrected chi connectivity index (χ0v) is 11.5. The summed E-state index contributed by atoms with van der Waals surface area (Å²) in [6.07, 6.45) is -4.77. The van der Waals surface area contributed by atoms with Crippen molar-refractivity contribution in [3.05, 3.63) is 29.8 Å². The molecular formula is C12H12F3NO4S. The maximum absolute atomic E-state index is 12.0. The summed E-state index contributed by atoms with van der Waals surface area (Å²) in [4.78, 5) is 21.9. The molecular weight excluding hydrogens is 311 g/mol. The lowest BCUT2D eigenvalue weighted by Gasteiger charge is -2.09. The first-order valence-corrected chi connectivity index (χ1v) is 6.87. The van der Waals surface area contributed by atoms with Gasteiger partial charge in [0.05, 0.1) is 5.75 Å². The fourth-order valence-electron chi connectivity index (χ4n) is 1.31. The van der Waals surface area contributed by atoms with Crippen molar-refractivity contribution in [2.24, 2.45) is 0 Å². The number of aliphatic carboxylic acids is 1. The minimum Gasteiger partial charge on any atom is -0.481 e. The average molecular weight is 323 g/mol. The van der Waals surface area contributed by atoms with Gasteiger partial charge in [-0.1, -0.05) is 0 Å². The van der Waals surface area contributed by atoms with Crippen LogP contribution in [-0.4, -0.2) is 41.4 Å². The van der Waals surface area contributed by atoms with Crippen molar-refractivity contribution in [2.45, 2.75) is 6.36 Å². The van der Waals surface area contributed by atoms with E-state index in [1.54, 1.807) is 0 Å². The first kappa shape index (κ1) is 17.2. The fraction of sp³-hybridized carbons (Fsp3) is 0.333. The molecule has 0 bridgehead atoms. The SMILES string of the molecule is O=C(O)CSCCNC(=O)c1ccc(OC(F)(F)F)cc1. The predicted octanol–water partition coefficient (Wildman–Crippen LogP) is 2.13. The number of halogens is 3. The molecule has 1 rings (SSSR count). The largest absolute Gasteiger partial charge is 0.573 e. The number of benzene rings is 1. The Hall–Kier alpha value is -1.90. The van der Waals surface area contributed by atoms with Gasteiger partial charge in [0.2, 0.25) is 0 Å². The van der Waals surface area contributed by atoms with Crippen molar-refractivity contribution < 1.29 is 32.6 Å². The van der Waals surface area contributed by atoms with Crippen LogP contribution in [0.1, 0.15) is 10.4 Å². The number of rotatable bonds is 7. The quantitative estimate of drug-likeness (QED) is 0.752. The van der Waals surface area contributed by atoms with Crippen LogP contribution in [0.2, 0.25) is 0 Å². The molecule has 0 spiro atoms. The monoisotopic (exact) mass is 323 g/mol. The second-order valence-electron chi connectivity index (χ2n) is 3.77. The van der Waals surface area contributed by atoms with Gasteiger partial charge in [-0.3, -0.25) is 9.59 Å².